The van der Waals surface area contributed by atoms with Crippen molar-refractivity contribution in [1.82, 2.24) is 5.32 Å². The zero-order valence-electron chi connectivity index (χ0n) is 11.6. The molecule has 20 heavy (non-hydrogen) atoms. The summed E-state index contributed by atoms with van der Waals surface area (Å²) in [6, 6.07) is 5.72. The second-order valence-electron chi connectivity index (χ2n) is 5.07. The second kappa shape index (κ2) is 7.05. The maximum atomic E-state index is 14.5. The van der Waals surface area contributed by atoms with Crippen molar-refractivity contribution in [2.45, 2.75) is 32.2 Å². The Morgan fingerprint density at radius 3 is 2.95 bits per heavy atom. The first-order chi connectivity index (χ1) is 9.69. The van der Waals surface area contributed by atoms with Crippen molar-refractivity contribution in [3.63, 3.8) is 0 Å². The van der Waals surface area contributed by atoms with Crippen LogP contribution < -0.4 is 10.2 Å². The molecule has 1 aromatic rings. The van der Waals surface area contributed by atoms with E-state index in [2.05, 4.69) is 33.1 Å². The van der Waals surface area contributed by atoms with Gasteiger partial charge in [0.25, 0.3) is 0 Å². The Balaban J connectivity index is 2.34. The molecular formula is C15H19BrFN3. The number of rotatable bonds is 4. The molecule has 5 heteroatoms. The molecule has 3 nitrogen and oxygen atoms in total. The summed E-state index contributed by atoms with van der Waals surface area (Å²) in [7, 11) is 0. The van der Waals surface area contributed by atoms with E-state index in [4.69, 9.17) is 5.26 Å². The van der Waals surface area contributed by atoms with Crippen molar-refractivity contribution in [3.8, 4) is 6.07 Å². The third-order valence-corrected chi connectivity index (χ3v) is 4.44. The zero-order valence-corrected chi connectivity index (χ0v) is 13.2. The van der Waals surface area contributed by atoms with Crippen LogP contribution in [-0.2, 0) is 0 Å². The standard InChI is InChI=1S/C15H19BrFN3/c1-2-8-20(12-4-3-7-19-10-12)13-6-5-11(9-18)14(16)15(13)17/h5-6,12,19H,2-4,7-8,10H2,1H3. The Hall–Kier alpha value is -1.12. The van der Waals surface area contributed by atoms with E-state index in [1.165, 1.54) is 0 Å². The fraction of sp³-hybridized carbons (Fsp3) is 0.533. The van der Waals surface area contributed by atoms with E-state index in [9.17, 15) is 4.39 Å². The van der Waals surface area contributed by atoms with Crippen LogP contribution in [0.25, 0.3) is 0 Å². The number of piperidine rings is 1. The maximum absolute atomic E-state index is 14.5. The maximum Gasteiger partial charge on any atom is 0.161 e. The van der Waals surface area contributed by atoms with Gasteiger partial charge < -0.3 is 10.2 Å². The van der Waals surface area contributed by atoms with Crippen LogP contribution in [0.5, 0.6) is 0 Å². The van der Waals surface area contributed by atoms with Crippen LogP contribution in [0, 0.1) is 17.1 Å². The molecule has 1 atom stereocenters. The van der Waals surface area contributed by atoms with Crippen LogP contribution >= 0.6 is 15.9 Å². The lowest BCUT2D eigenvalue weighted by molar-refractivity contribution is 0.426. The number of nitrogens with one attached hydrogen (secondary N) is 1. The minimum absolute atomic E-state index is 0.266. The molecule has 0 aliphatic carbocycles. The lowest BCUT2D eigenvalue weighted by atomic mass is 10.0. The molecule has 1 saturated heterocycles. The molecule has 0 radical (unpaired) electrons. The average Bonchev–Trinajstić information content (AvgIpc) is 2.49. The Bertz CT molecular complexity index is 507. The molecule has 0 saturated carbocycles. The van der Waals surface area contributed by atoms with Gasteiger partial charge in [-0.3, -0.25) is 0 Å². The Kier molecular flexibility index (Phi) is 5.38. The van der Waals surface area contributed by atoms with Gasteiger partial charge in [-0.25, -0.2) is 4.39 Å². The summed E-state index contributed by atoms with van der Waals surface area (Å²) in [6.45, 7) is 4.84. The van der Waals surface area contributed by atoms with E-state index in [0.717, 1.165) is 38.9 Å². The number of hydrogen-bond donors (Lipinski definition) is 1. The molecule has 1 fully saturated rings. The zero-order chi connectivity index (χ0) is 14.5. The number of benzene rings is 1. The lowest BCUT2D eigenvalue weighted by Crippen LogP contribution is -2.46. The molecule has 0 spiro atoms. The number of halogens is 2. The number of anilines is 1. The molecule has 1 heterocycles. The summed E-state index contributed by atoms with van der Waals surface area (Å²) in [4.78, 5) is 2.13. The van der Waals surface area contributed by atoms with E-state index in [-0.39, 0.29) is 10.3 Å². The third-order valence-electron chi connectivity index (χ3n) is 3.67. The van der Waals surface area contributed by atoms with Gasteiger partial charge in [0.15, 0.2) is 5.82 Å². The fourth-order valence-corrected chi connectivity index (χ4v) is 3.11. The summed E-state index contributed by atoms with van der Waals surface area (Å²) in [6.07, 6.45) is 3.15. The van der Waals surface area contributed by atoms with Crippen molar-refractivity contribution in [1.29, 1.82) is 5.26 Å². The van der Waals surface area contributed by atoms with Crippen molar-refractivity contribution < 1.29 is 4.39 Å². The Morgan fingerprint density at radius 1 is 1.55 bits per heavy atom. The molecule has 1 N–H and O–H groups in total. The van der Waals surface area contributed by atoms with E-state index in [1.807, 2.05) is 6.07 Å². The van der Waals surface area contributed by atoms with Gasteiger partial charge in [0.1, 0.15) is 6.07 Å². The van der Waals surface area contributed by atoms with Gasteiger partial charge in [0, 0.05) is 19.1 Å². The summed E-state index contributed by atoms with van der Waals surface area (Å²) in [5.41, 5.74) is 0.927. The van der Waals surface area contributed by atoms with Gasteiger partial charge in [0.2, 0.25) is 0 Å². The molecule has 1 aliphatic rings. The minimum atomic E-state index is -0.330. The Labute approximate surface area is 127 Å². The normalized spacial score (nSPS) is 18.6. The topological polar surface area (TPSA) is 39.1 Å². The monoisotopic (exact) mass is 339 g/mol. The van der Waals surface area contributed by atoms with Gasteiger partial charge in [0.05, 0.1) is 15.7 Å². The second-order valence-corrected chi connectivity index (χ2v) is 5.86. The smallest absolute Gasteiger partial charge is 0.161 e. The highest BCUT2D eigenvalue weighted by molar-refractivity contribution is 9.10. The van der Waals surface area contributed by atoms with Crippen molar-refractivity contribution in [3.05, 3.63) is 28.0 Å². The number of hydrogen-bond acceptors (Lipinski definition) is 3. The van der Waals surface area contributed by atoms with E-state index in [1.54, 1.807) is 12.1 Å². The van der Waals surface area contributed by atoms with E-state index in [0.29, 0.717) is 17.3 Å². The van der Waals surface area contributed by atoms with Crippen LogP contribution in [-0.4, -0.2) is 25.7 Å². The molecule has 1 aliphatic heterocycles. The van der Waals surface area contributed by atoms with Crippen LogP contribution in [0.2, 0.25) is 0 Å². The van der Waals surface area contributed by atoms with Gasteiger partial charge in [-0.15, -0.1) is 0 Å². The van der Waals surface area contributed by atoms with Gasteiger partial charge >= 0.3 is 0 Å². The predicted molar refractivity (Wildman–Crippen MR) is 82.3 cm³/mol. The van der Waals surface area contributed by atoms with Crippen molar-refractivity contribution >= 4 is 21.6 Å². The molecule has 108 valence electrons. The molecule has 0 amide bonds. The highest BCUT2D eigenvalue weighted by Crippen LogP contribution is 2.31. The summed E-state index contributed by atoms with van der Waals surface area (Å²) in [5.74, 6) is -0.330. The first kappa shape index (κ1) is 15.3. The summed E-state index contributed by atoms with van der Waals surface area (Å²) >= 11 is 3.19. The van der Waals surface area contributed by atoms with Crippen LogP contribution in [0.4, 0.5) is 10.1 Å². The largest absolute Gasteiger partial charge is 0.365 e. The van der Waals surface area contributed by atoms with Gasteiger partial charge in [-0.1, -0.05) is 6.92 Å². The molecule has 1 aromatic carbocycles. The highest BCUT2D eigenvalue weighted by Gasteiger charge is 2.24. The first-order valence-corrected chi connectivity index (χ1v) is 7.83. The Morgan fingerprint density at radius 2 is 2.35 bits per heavy atom. The van der Waals surface area contributed by atoms with Crippen LogP contribution in [0.1, 0.15) is 31.7 Å². The molecule has 1 unspecified atom stereocenters. The van der Waals surface area contributed by atoms with E-state index < -0.39 is 0 Å². The van der Waals surface area contributed by atoms with Crippen molar-refractivity contribution in [2.75, 3.05) is 24.5 Å². The molecular weight excluding hydrogens is 321 g/mol. The SMILES string of the molecule is CCCN(c1ccc(C#N)c(Br)c1F)C1CCCNC1. The fourth-order valence-electron chi connectivity index (χ4n) is 2.69. The average molecular weight is 340 g/mol. The summed E-state index contributed by atoms with van der Waals surface area (Å²) < 4.78 is 14.8. The third kappa shape index (κ3) is 3.13. The van der Waals surface area contributed by atoms with E-state index >= 15 is 0 Å². The number of nitrogens with zero attached hydrogens (tertiary/aromatic N) is 2. The molecule has 0 bridgehead atoms. The van der Waals surface area contributed by atoms with Gasteiger partial charge in [-0.2, -0.15) is 5.26 Å². The predicted octanol–water partition coefficient (Wildman–Crippen LogP) is 3.43. The van der Waals surface area contributed by atoms with Gasteiger partial charge in [-0.05, 0) is 53.9 Å². The van der Waals surface area contributed by atoms with Crippen LogP contribution in [0.3, 0.4) is 0 Å². The lowest BCUT2D eigenvalue weighted by Gasteiger charge is -2.36. The first-order valence-electron chi connectivity index (χ1n) is 7.04. The van der Waals surface area contributed by atoms with Crippen molar-refractivity contribution in [2.24, 2.45) is 0 Å². The highest BCUT2D eigenvalue weighted by atomic mass is 79.9. The summed E-state index contributed by atoms with van der Waals surface area (Å²) in [5, 5.41) is 12.3. The van der Waals surface area contributed by atoms with Crippen LogP contribution in [0.15, 0.2) is 16.6 Å². The number of nitriles is 1. The molecule has 0 aromatic heterocycles. The minimum Gasteiger partial charge on any atom is -0.365 e. The quantitative estimate of drug-likeness (QED) is 0.913. The molecule has 2 rings (SSSR count).